The Kier molecular flexibility index (Phi) is 4.04. The summed E-state index contributed by atoms with van der Waals surface area (Å²) in [6, 6.07) is 0.607. The molecule has 0 bridgehead atoms. The lowest BCUT2D eigenvalue weighted by Gasteiger charge is -2.33. The van der Waals surface area contributed by atoms with Gasteiger partial charge < -0.3 is 0 Å². The first kappa shape index (κ1) is 11.4. The van der Waals surface area contributed by atoms with Crippen molar-refractivity contribution in [3.05, 3.63) is 0 Å². The molecule has 2 fully saturated rings. The fraction of sp³-hybridized carbons (Fsp3) is 1.00. The Morgan fingerprint density at radius 1 is 1.07 bits per heavy atom. The molecule has 2 saturated carbocycles. The van der Waals surface area contributed by atoms with Crippen LogP contribution in [0.15, 0.2) is 0 Å². The van der Waals surface area contributed by atoms with Crippen molar-refractivity contribution in [3.63, 3.8) is 0 Å². The van der Waals surface area contributed by atoms with Crippen LogP contribution in [0.2, 0.25) is 0 Å². The number of hydrogen-bond acceptors (Lipinski definition) is 2. The average Bonchev–Trinajstić information content (AvgIpc) is 3.10. The van der Waals surface area contributed by atoms with Crippen LogP contribution in [0, 0.1) is 17.8 Å². The van der Waals surface area contributed by atoms with Crippen LogP contribution in [0.3, 0.4) is 0 Å². The molecule has 88 valence electrons. The van der Waals surface area contributed by atoms with Gasteiger partial charge >= 0.3 is 0 Å². The highest BCUT2D eigenvalue weighted by atomic mass is 15.2. The fourth-order valence-corrected chi connectivity index (χ4v) is 3.11. The van der Waals surface area contributed by atoms with Crippen molar-refractivity contribution in [2.75, 3.05) is 0 Å². The third-order valence-corrected chi connectivity index (χ3v) is 4.54. The first-order valence-electron chi connectivity index (χ1n) is 6.79. The largest absolute Gasteiger partial charge is 0.271 e. The van der Waals surface area contributed by atoms with Gasteiger partial charge in [0.05, 0.1) is 0 Å². The van der Waals surface area contributed by atoms with Crippen LogP contribution in [0.25, 0.3) is 0 Å². The maximum absolute atomic E-state index is 5.70. The Balaban J connectivity index is 1.76. The zero-order valence-corrected chi connectivity index (χ0v) is 10.0. The molecular weight excluding hydrogens is 184 g/mol. The van der Waals surface area contributed by atoms with Crippen LogP contribution in [0.4, 0.5) is 0 Å². The molecule has 2 heteroatoms. The van der Waals surface area contributed by atoms with Gasteiger partial charge in [-0.1, -0.05) is 39.0 Å². The monoisotopic (exact) mass is 210 g/mol. The van der Waals surface area contributed by atoms with E-state index in [1.165, 1.54) is 51.4 Å². The van der Waals surface area contributed by atoms with Crippen molar-refractivity contribution in [2.24, 2.45) is 23.6 Å². The van der Waals surface area contributed by atoms with Gasteiger partial charge in [-0.25, -0.2) is 0 Å². The maximum atomic E-state index is 5.70. The summed E-state index contributed by atoms with van der Waals surface area (Å²) in [5, 5.41) is 0. The van der Waals surface area contributed by atoms with Gasteiger partial charge in [-0.05, 0) is 37.0 Å². The minimum Gasteiger partial charge on any atom is -0.271 e. The Morgan fingerprint density at radius 2 is 1.67 bits per heavy atom. The summed E-state index contributed by atoms with van der Waals surface area (Å²) in [5.41, 5.74) is 3.08. The Bertz CT molecular complexity index is 181. The first-order valence-corrected chi connectivity index (χ1v) is 6.79. The summed E-state index contributed by atoms with van der Waals surface area (Å²) in [7, 11) is 0. The summed E-state index contributed by atoms with van der Waals surface area (Å²) in [6.45, 7) is 2.33. The standard InChI is InChI=1S/C13H26N2/c1-2-10-5-7-12(8-6-10)13(15-14)9-11-3-4-11/h10-13,15H,2-9,14H2,1H3. The number of rotatable bonds is 5. The van der Waals surface area contributed by atoms with E-state index < -0.39 is 0 Å². The van der Waals surface area contributed by atoms with Gasteiger partial charge in [-0.2, -0.15) is 0 Å². The normalized spacial score (nSPS) is 34.0. The van der Waals surface area contributed by atoms with Crippen LogP contribution < -0.4 is 11.3 Å². The van der Waals surface area contributed by atoms with Crippen molar-refractivity contribution in [1.29, 1.82) is 0 Å². The lowest BCUT2D eigenvalue weighted by atomic mass is 9.76. The number of nitrogens with two attached hydrogens (primary N) is 1. The van der Waals surface area contributed by atoms with Crippen LogP contribution in [0.1, 0.15) is 58.3 Å². The van der Waals surface area contributed by atoms with Crippen LogP contribution in [-0.2, 0) is 0 Å². The zero-order valence-electron chi connectivity index (χ0n) is 10.0. The molecule has 0 aromatic carbocycles. The topological polar surface area (TPSA) is 38.0 Å². The molecule has 2 aliphatic carbocycles. The maximum Gasteiger partial charge on any atom is 0.0241 e. The predicted molar refractivity (Wildman–Crippen MR) is 64.2 cm³/mol. The van der Waals surface area contributed by atoms with Gasteiger partial charge in [0.25, 0.3) is 0 Å². The molecule has 1 atom stereocenters. The second-order valence-corrected chi connectivity index (χ2v) is 5.64. The van der Waals surface area contributed by atoms with Gasteiger partial charge in [0.15, 0.2) is 0 Å². The highest BCUT2D eigenvalue weighted by Crippen LogP contribution is 2.39. The fourth-order valence-electron chi connectivity index (χ4n) is 3.11. The molecule has 0 aromatic rings. The molecule has 3 N–H and O–H groups in total. The minimum absolute atomic E-state index is 0.607. The molecule has 2 aliphatic rings. The van der Waals surface area contributed by atoms with Gasteiger partial charge in [-0.3, -0.25) is 11.3 Å². The minimum atomic E-state index is 0.607. The van der Waals surface area contributed by atoms with Crippen molar-refractivity contribution in [2.45, 2.75) is 64.3 Å². The molecule has 0 radical (unpaired) electrons. The molecular formula is C13H26N2. The van der Waals surface area contributed by atoms with Crippen molar-refractivity contribution < 1.29 is 0 Å². The van der Waals surface area contributed by atoms with Crippen LogP contribution in [0.5, 0.6) is 0 Å². The quantitative estimate of drug-likeness (QED) is 0.541. The average molecular weight is 210 g/mol. The second-order valence-electron chi connectivity index (χ2n) is 5.64. The van der Waals surface area contributed by atoms with E-state index in [0.717, 1.165) is 17.8 Å². The van der Waals surface area contributed by atoms with E-state index in [0.29, 0.717) is 6.04 Å². The third-order valence-electron chi connectivity index (χ3n) is 4.54. The Morgan fingerprint density at radius 3 is 2.13 bits per heavy atom. The lowest BCUT2D eigenvalue weighted by Crippen LogP contribution is -2.42. The van der Waals surface area contributed by atoms with E-state index in [4.69, 9.17) is 5.84 Å². The third kappa shape index (κ3) is 3.18. The van der Waals surface area contributed by atoms with E-state index in [1.54, 1.807) is 0 Å². The van der Waals surface area contributed by atoms with E-state index in [2.05, 4.69) is 12.3 Å². The molecule has 0 saturated heterocycles. The molecule has 2 nitrogen and oxygen atoms in total. The number of nitrogens with one attached hydrogen (secondary N) is 1. The first-order chi connectivity index (χ1) is 7.33. The van der Waals surface area contributed by atoms with E-state index in [-0.39, 0.29) is 0 Å². The van der Waals surface area contributed by atoms with Gasteiger partial charge in [-0.15, -0.1) is 0 Å². The Labute approximate surface area is 94.0 Å². The molecule has 0 spiro atoms. The van der Waals surface area contributed by atoms with Crippen molar-refractivity contribution >= 4 is 0 Å². The van der Waals surface area contributed by atoms with Gasteiger partial charge in [0.2, 0.25) is 0 Å². The van der Waals surface area contributed by atoms with Gasteiger partial charge in [0, 0.05) is 6.04 Å². The lowest BCUT2D eigenvalue weighted by molar-refractivity contribution is 0.207. The van der Waals surface area contributed by atoms with Crippen molar-refractivity contribution in [3.8, 4) is 0 Å². The molecule has 0 aliphatic heterocycles. The highest BCUT2D eigenvalue weighted by molar-refractivity contribution is 4.85. The summed E-state index contributed by atoms with van der Waals surface area (Å²) in [5.74, 6) is 8.55. The van der Waals surface area contributed by atoms with Crippen LogP contribution >= 0.6 is 0 Å². The second kappa shape index (κ2) is 5.31. The summed E-state index contributed by atoms with van der Waals surface area (Å²) >= 11 is 0. The van der Waals surface area contributed by atoms with Gasteiger partial charge in [0.1, 0.15) is 0 Å². The summed E-state index contributed by atoms with van der Waals surface area (Å²) in [6.07, 6.45) is 11.3. The SMILES string of the molecule is CCC1CCC(C(CC2CC2)NN)CC1. The Hall–Kier alpha value is -0.0800. The summed E-state index contributed by atoms with van der Waals surface area (Å²) < 4.78 is 0. The molecule has 1 unspecified atom stereocenters. The molecule has 2 rings (SSSR count). The molecule has 15 heavy (non-hydrogen) atoms. The number of hydrazine groups is 1. The van der Waals surface area contributed by atoms with E-state index >= 15 is 0 Å². The zero-order chi connectivity index (χ0) is 10.7. The molecule has 0 amide bonds. The van der Waals surface area contributed by atoms with Crippen molar-refractivity contribution in [1.82, 2.24) is 5.43 Å². The highest BCUT2D eigenvalue weighted by Gasteiger charge is 2.31. The smallest absolute Gasteiger partial charge is 0.0241 e. The van der Waals surface area contributed by atoms with Crippen LogP contribution in [-0.4, -0.2) is 6.04 Å². The predicted octanol–water partition coefficient (Wildman–Crippen LogP) is 2.83. The molecule has 0 aromatic heterocycles. The van der Waals surface area contributed by atoms with E-state index in [1.807, 2.05) is 0 Å². The number of hydrogen-bond donors (Lipinski definition) is 2. The van der Waals surface area contributed by atoms with E-state index in [9.17, 15) is 0 Å². The molecule has 0 heterocycles. The summed E-state index contributed by atoms with van der Waals surface area (Å²) in [4.78, 5) is 0.